The second kappa shape index (κ2) is 9.52. The van der Waals surface area contributed by atoms with Gasteiger partial charge in [0.1, 0.15) is 5.75 Å². The molecule has 10 heteroatoms. The zero-order valence-corrected chi connectivity index (χ0v) is 18.3. The van der Waals surface area contributed by atoms with E-state index in [1.165, 1.54) is 37.3 Å². The van der Waals surface area contributed by atoms with Crippen LogP contribution in [0.25, 0.3) is 6.08 Å². The van der Waals surface area contributed by atoms with Gasteiger partial charge < -0.3 is 14.2 Å². The van der Waals surface area contributed by atoms with Gasteiger partial charge in [-0.25, -0.2) is 4.99 Å². The maximum Gasteiger partial charge on any atom is 0.280 e. The molecule has 0 radical (unpaired) electrons. The lowest BCUT2D eigenvalue weighted by Gasteiger charge is -2.12. The summed E-state index contributed by atoms with van der Waals surface area (Å²) in [6.07, 6.45) is 1.48. The number of hydrogen-bond donors (Lipinski definition) is 0. The Bertz CT molecular complexity index is 1070. The minimum atomic E-state index is -0.525. The van der Waals surface area contributed by atoms with Crippen LogP contribution in [0.15, 0.2) is 46.3 Å². The van der Waals surface area contributed by atoms with Crippen LogP contribution >= 0.6 is 11.8 Å². The Balaban J connectivity index is 2.02. The molecule has 2 aromatic rings. The third-order valence-corrected chi connectivity index (χ3v) is 5.52. The van der Waals surface area contributed by atoms with Gasteiger partial charge in [-0.2, -0.15) is 0 Å². The van der Waals surface area contributed by atoms with Gasteiger partial charge in [0.2, 0.25) is 0 Å². The minimum absolute atomic E-state index is 0.192. The molecule has 0 saturated carbocycles. The standard InChI is InChI=1S/C21H21N3O6S/c1-5-23-20(25)19(31-21(23)22-14-6-8-15(28-2)9-7-14)11-13-10-17(29-3)18(30-4)12-16(13)24(26)27/h6-12H,5H2,1-4H3. The minimum Gasteiger partial charge on any atom is -0.497 e. The highest BCUT2D eigenvalue weighted by atomic mass is 32.2. The van der Waals surface area contributed by atoms with E-state index in [-0.39, 0.29) is 22.9 Å². The molecule has 2 aromatic carbocycles. The van der Waals surface area contributed by atoms with E-state index in [1.54, 1.807) is 31.4 Å². The summed E-state index contributed by atoms with van der Waals surface area (Å²) in [5, 5.41) is 12.1. The quantitative estimate of drug-likeness (QED) is 0.358. The van der Waals surface area contributed by atoms with Gasteiger partial charge in [-0.1, -0.05) is 0 Å². The Hall–Kier alpha value is -3.53. The Morgan fingerprint density at radius 2 is 1.74 bits per heavy atom. The Morgan fingerprint density at radius 1 is 1.10 bits per heavy atom. The van der Waals surface area contributed by atoms with Crippen molar-refractivity contribution < 1.29 is 23.9 Å². The molecule has 0 spiro atoms. The van der Waals surface area contributed by atoms with Gasteiger partial charge >= 0.3 is 0 Å². The fraction of sp³-hybridized carbons (Fsp3) is 0.238. The number of nitrogens with zero attached hydrogens (tertiary/aromatic N) is 3. The van der Waals surface area contributed by atoms with Gasteiger partial charge in [0, 0.05) is 6.54 Å². The number of ether oxygens (including phenoxy) is 3. The van der Waals surface area contributed by atoms with Crippen LogP contribution in [0.3, 0.4) is 0 Å². The van der Waals surface area contributed by atoms with E-state index < -0.39 is 4.92 Å². The molecular formula is C21H21N3O6S. The molecule has 9 nitrogen and oxygen atoms in total. The van der Waals surface area contributed by atoms with Crippen LogP contribution in [0.5, 0.6) is 17.2 Å². The van der Waals surface area contributed by atoms with Crippen molar-refractivity contribution >= 4 is 40.3 Å². The number of thioether (sulfide) groups is 1. The second-order valence-corrected chi connectivity index (χ2v) is 7.28. The lowest BCUT2D eigenvalue weighted by atomic mass is 10.1. The van der Waals surface area contributed by atoms with Crippen molar-refractivity contribution in [3.8, 4) is 17.2 Å². The van der Waals surface area contributed by atoms with Gasteiger partial charge in [0.05, 0.1) is 48.5 Å². The molecular weight excluding hydrogens is 422 g/mol. The highest BCUT2D eigenvalue weighted by Crippen LogP contribution is 2.39. The molecule has 1 aliphatic heterocycles. The highest BCUT2D eigenvalue weighted by Gasteiger charge is 2.33. The molecule has 1 amide bonds. The van der Waals surface area contributed by atoms with Crippen molar-refractivity contribution in [2.24, 2.45) is 4.99 Å². The number of nitro groups is 1. The van der Waals surface area contributed by atoms with Crippen LogP contribution in [0.2, 0.25) is 0 Å². The average molecular weight is 443 g/mol. The van der Waals surface area contributed by atoms with E-state index in [0.29, 0.717) is 33.8 Å². The largest absolute Gasteiger partial charge is 0.497 e. The van der Waals surface area contributed by atoms with Crippen LogP contribution in [-0.2, 0) is 4.79 Å². The number of hydrogen-bond acceptors (Lipinski definition) is 8. The lowest BCUT2D eigenvalue weighted by molar-refractivity contribution is -0.385. The number of aliphatic imine (C=N–C) groups is 1. The molecule has 1 fully saturated rings. The maximum atomic E-state index is 12.9. The fourth-order valence-electron chi connectivity index (χ4n) is 2.94. The first-order valence-corrected chi connectivity index (χ1v) is 10.1. The number of methoxy groups -OCH3 is 3. The van der Waals surface area contributed by atoms with Gasteiger partial charge in [-0.3, -0.25) is 19.8 Å². The summed E-state index contributed by atoms with van der Waals surface area (Å²) in [5.74, 6) is 0.991. The number of benzene rings is 2. The summed E-state index contributed by atoms with van der Waals surface area (Å²) in [7, 11) is 4.42. The van der Waals surface area contributed by atoms with Crippen LogP contribution in [0, 0.1) is 10.1 Å². The molecule has 1 saturated heterocycles. The van der Waals surface area contributed by atoms with Crippen LogP contribution in [0.4, 0.5) is 11.4 Å². The number of amides is 1. The van der Waals surface area contributed by atoms with E-state index in [2.05, 4.69) is 4.99 Å². The van der Waals surface area contributed by atoms with E-state index in [0.717, 1.165) is 11.8 Å². The van der Waals surface area contributed by atoms with Crippen LogP contribution in [-0.4, -0.2) is 48.8 Å². The molecule has 3 rings (SSSR count). The number of likely N-dealkylation sites (N-methyl/N-ethyl adjacent to an activating group) is 1. The summed E-state index contributed by atoms with van der Waals surface area (Å²) in [4.78, 5) is 30.4. The average Bonchev–Trinajstić information content (AvgIpc) is 3.07. The third-order valence-electron chi connectivity index (χ3n) is 4.52. The predicted octanol–water partition coefficient (Wildman–Crippen LogP) is 4.24. The van der Waals surface area contributed by atoms with Gasteiger partial charge in [0.25, 0.3) is 11.6 Å². The number of amidine groups is 1. The number of rotatable bonds is 7. The molecule has 0 aliphatic carbocycles. The molecule has 0 N–H and O–H groups in total. The van der Waals surface area contributed by atoms with E-state index >= 15 is 0 Å². The Morgan fingerprint density at radius 3 is 2.29 bits per heavy atom. The second-order valence-electron chi connectivity index (χ2n) is 6.28. The van der Waals surface area contributed by atoms with Crippen molar-refractivity contribution in [2.45, 2.75) is 6.92 Å². The topological polar surface area (TPSA) is 104 Å². The smallest absolute Gasteiger partial charge is 0.280 e. The third kappa shape index (κ3) is 4.64. The SMILES string of the molecule is CCN1C(=O)C(=Cc2cc(OC)c(OC)cc2[N+](=O)[O-])SC1=Nc1ccc(OC)cc1. The van der Waals surface area contributed by atoms with E-state index in [1.807, 2.05) is 6.92 Å². The van der Waals surface area contributed by atoms with Crippen molar-refractivity contribution in [3.05, 3.63) is 57.0 Å². The zero-order chi connectivity index (χ0) is 22.5. The van der Waals surface area contributed by atoms with Gasteiger partial charge in [-0.15, -0.1) is 0 Å². The zero-order valence-electron chi connectivity index (χ0n) is 17.4. The first kappa shape index (κ1) is 22.2. The molecule has 1 aliphatic rings. The molecule has 0 aromatic heterocycles. The van der Waals surface area contributed by atoms with Crippen molar-refractivity contribution in [2.75, 3.05) is 27.9 Å². The Labute approximate surface area is 183 Å². The molecule has 31 heavy (non-hydrogen) atoms. The van der Waals surface area contributed by atoms with Gasteiger partial charge in [0.15, 0.2) is 16.7 Å². The molecule has 0 bridgehead atoms. The number of carbonyl (C=O) groups excluding carboxylic acids is 1. The first-order chi connectivity index (χ1) is 14.9. The normalized spacial score (nSPS) is 16.1. The molecule has 1 heterocycles. The summed E-state index contributed by atoms with van der Waals surface area (Å²) >= 11 is 1.16. The first-order valence-electron chi connectivity index (χ1n) is 9.26. The predicted molar refractivity (Wildman–Crippen MR) is 119 cm³/mol. The maximum absolute atomic E-state index is 12.9. The lowest BCUT2D eigenvalue weighted by Crippen LogP contribution is -2.28. The van der Waals surface area contributed by atoms with Crippen molar-refractivity contribution in [3.63, 3.8) is 0 Å². The van der Waals surface area contributed by atoms with Gasteiger partial charge in [-0.05, 0) is 55.1 Å². The molecule has 0 atom stereocenters. The van der Waals surface area contributed by atoms with Crippen molar-refractivity contribution in [1.82, 2.24) is 4.90 Å². The number of carbonyl (C=O) groups is 1. The number of nitro benzene ring substituents is 1. The highest BCUT2D eigenvalue weighted by molar-refractivity contribution is 8.18. The summed E-state index contributed by atoms with van der Waals surface area (Å²) in [6.45, 7) is 2.25. The van der Waals surface area contributed by atoms with E-state index in [9.17, 15) is 14.9 Å². The van der Waals surface area contributed by atoms with Crippen molar-refractivity contribution in [1.29, 1.82) is 0 Å². The summed E-state index contributed by atoms with van der Waals surface area (Å²) < 4.78 is 15.5. The Kier molecular flexibility index (Phi) is 6.81. The summed E-state index contributed by atoms with van der Waals surface area (Å²) in [5.41, 5.74) is 0.704. The van der Waals surface area contributed by atoms with Crippen LogP contribution in [0.1, 0.15) is 12.5 Å². The monoisotopic (exact) mass is 443 g/mol. The van der Waals surface area contributed by atoms with Crippen LogP contribution < -0.4 is 14.2 Å². The fourth-order valence-corrected chi connectivity index (χ4v) is 3.99. The molecule has 0 unspecified atom stereocenters. The van der Waals surface area contributed by atoms with E-state index in [4.69, 9.17) is 14.2 Å². The summed E-state index contributed by atoms with van der Waals surface area (Å²) in [6, 6.07) is 9.88. The molecule has 162 valence electrons.